The van der Waals surface area contributed by atoms with Crippen LogP contribution < -0.4 is 0 Å². The number of nitrogens with one attached hydrogen (secondary N) is 1. The molecule has 1 amide bonds. The SMILES string of the molecule is CCCN(Cc1ccccc1)C(=O)c1n[nH]c(C(C)C)c1Br. The van der Waals surface area contributed by atoms with E-state index in [1.165, 1.54) is 0 Å². The molecular weight excluding hydrogens is 342 g/mol. The Hall–Kier alpha value is -1.62. The highest BCUT2D eigenvalue weighted by Gasteiger charge is 2.23. The summed E-state index contributed by atoms with van der Waals surface area (Å²) in [5.74, 6) is 0.248. The first kappa shape index (κ1) is 16.7. The van der Waals surface area contributed by atoms with Gasteiger partial charge in [-0.3, -0.25) is 9.89 Å². The number of carbonyl (C=O) groups excluding carboxylic acids is 1. The molecule has 0 aliphatic rings. The van der Waals surface area contributed by atoms with Gasteiger partial charge in [-0.05, 0) is 33.8 Å². The molecule has 1 aromatic heterocycles. The number of hydrogen-bond acceptors (Lipinski definition) is 2. The molecule has 0 bridgehead atoms. The normalized spacial score (nSPS) is 11.0. The van der Waals surface area contributed by atoms with Crippen molar-refractivity contribution in [2.45, 2.75) is 39.7 Å². The Bertz CT molecular complexity index is 622. The van der Waals surface area contributed by atoms with E-state index in [0.29, 0.717) is 18.8 Å². The molecule has 1 N–H and O–H groups in total. The molecule has 4 nitrogen and oxygen atoms in total. The number of carbonyl (C=O) groups is 1. The molecule has 0 spiro atoms. The van der Waals surface area contributed by atoms with Gasteiger partial charge in [-0.2, -0.15) is 5.10 Å². The minimum atomic E-state index is -0.0410. The highest BCUT2D eigenvalue weighted by atomic mass is 79.9. The van der Waals surface area contributed by atoms with Crippen molar-refractivity contribution in [3.05, 3.63) is 51.8 Å². The van der Waals surface area contributed by atoms with Crippen molar-refractivity contribution in [2.24, 2.45) is 0 Å². The van der Waals surface area contributed by atoms with Crippen LogP contribution in [0.2, 0.25) is 0 Å². The molecule has 5 heteroatoms. The van der Waals surface area contributed by atoms with Gasteiger partial charge in [0.1, 0.15) is 0 Å². The van der Waals surface area contributed by atoms with Crippen LogP contribution >= 0.6 is 15.9 Å². The number of aromatic nitrogens is 2. The lowest BCUT2D eigenvalue weighted by molar-refractivity contribution is 0.0736. The lowest BCUT2D eigenvalue weighted by Crippen LogP contribution is -2.31. The molecule has 0 aliphatic heterocycles. The predicted molar refractivity (Wildman–Crippen MR) is 91.9 cm³/mol. The monoisotopic (exact) mass is 363 g/mol. The Morgan fingerprint density at radius 3 is 2.55 bits per heavy atom. The Morgan fingerprint density at radius 1 is 1.32 bits per heavy atom. The summed E-state index contributed by atoms with van der Waals surface area (Å²) in [5, 5.41) is 7.19. The number of halogens is 1. The second-order valence-corrected chi connectivity index (χ2v) is 6.46. The summed E-state index contributed by atoms with van der Waals surface area (Å²) in [6, 6.07) is 10.0. The van der Waals surface area contributed by atoms with Crippen LogP contribution in [0.1, 0.15) is 54.9 Å². The van der Waals surface area contributed by atoms with Gasteiger partial charge in [0.05, 0.1) is 10.2 Å². The fourth-order valence-corrected chi connectivity index (χ4v) is 3.15. The third-order valence-electron chi connectivity index (χ3n) is 3.51. The summed E-state index contributed by atoms with van der Waals surface area (Å²) < 4.78 is 0.779. The molecule has 0 saturated heterocycles. The van der Waals surface area contributed by atoms with Gasteiger partial charge >= 0.3 is 0 Å². The van der Waals surface area contributed by atoms with E-state index in [1.54, 1.807) is 0 Å². The number of benzene rings is 1. The maximum atomic E-state index is 12.8. The van der Waals surface area contributed by atoms with Gasteiger partial charge in [0.15, 0.2) is 5.69 Å². The minimum Gasteiger partial charge on any atom is -0.333 e. The number of hydrogen-bond donors (Lipinski definition) is 1. The number of rotatable bonds is 6. The van der Waals surface area contributed by atoms with Crippen LogP contribution in [0.3, 0.4) is 0 Å². The van der Waals surface area contributed by atoms with Crippen LogP contribution in [-0.2, 0) is 6.54 Å². The largest absolute Gasteiger partial charge is 0.333 e. The van der Waals surface area contributed by atoms with E-state index < -0.39 is 0 Å². The Labute approximate surface area is 140 Å². The topological polar surface area (TPSA) is 49.0 Å². The van der Waals surface area contributed by atoms with Crippen LogP contribution in [0.15, 0.2) is 34.8 Å². The van der Waals surface area contributed by atoms with E-state index in [9.17, 15) is 4.79 Å². The number of H-pyrrole nitrogens is 1. The summed E-state index contributed by atoms with van der Waals surface area (Å²) in [4.78, 5) is 14.7. The molecule has 1 aromatic carbocycles. The zero-order chi connectivity index (χ0) is 16.1. The second-order valence-electron chi connectivity index (χ2n) is 5.67. The number of amides is 1. The minimum absolute atomic E-state index is 0.0410. The summed E-state index contributed by atoms with van der Waals surface area (Å²) in [6.07, 6.45) is 0.914. The molecule has 1 heterocycles. The van der Waals surface area contributed by atoms with Crippen LogP contribution in [0.5, 0.6) is 0 Å². The lowest BCUT2D eigenvalue weighted by atomic mass is 10.1. The Kier molecular flexibility index (Phi) is 5.77. The zero-order valence-electron chi connectivity index (χ0n) is 13.3. The van der Waals surface area contributed by atoms with Crippen molar-refractivity contribution in [1.82, 2.24) is 15.1 Å². The summed E-state index contributed by atoms with van der Waals surface area (Å²) in [5.41, 5.74) is 2.55. The number of nitrogens with zero attached hydrogens (tertiary/aromatic N) is 2. The van der Waals surface area contributed by atoms with Crippen molar-refractivity contribution in [2.75, 3.05) is 6.54 Å². The molecule has 2 rings (SSSR count). The molecule has 118 valence electrons. The fourth-order valence-electron chi connectivity index (χ4n) is 2.34. The lowest BCUT2D eigenvalue weighted by Gasteiger charge is -2.21. The highest BCUT2D eigenvalue weighted by Crippen LogP contribution is 2.26. The second kappa shape index (κ2) is 7.58. The van der Waals surface area contributed by atoms with Gasteiger partial charge in [-0.1, -0.05) is 51.1 Å². The molecule has 22 heavy (non-hydrogen) atoms. The van der Waals surface area contributed by atoms with Gasteiger partial charge in [0.25, 0.3) is 5.91 Å². The van der Waals surface area contributed by atoms with E-state index in [1.807, 2.05) is 35.2 Å². The molecule has 0 radical (unpaired) electrons. The molecular formula is C17H22BrN3O. The summed E-state index contributed by atoms with van der Waals surface area (Å²) in [7, 11) is 0. The van der Waals surface area contributed by atoms with E-state index in [0.717, 1.165) is 22.2 Å². The van der Waals surface area contributed by atoms with Gasteiger partial charge in [-0.25, -0.2) is 0 Å². The predicted octanol–water partition coefficient (Wildman–Crippen LogP) is 4.35. The zero-order valence-corrected chi connectivity index (χ0v) is 14.9. The van der Waals surface area contributed by atoms with Gasteiger partial charge < -0.3 is 4.90 Å². The maximum absolute atomic E-state index is 12.8. The van der Waals surface area contributed by atoms with Crippen molar-refractivity contribution in [1.29, 1.82) is 0 Å². The highest BCUT2D eigenvalue weighted by molar-refractivity contribution is 9.10. The van der Waals surface area contributed by atoms with Crippen molar-refractivity contribution in [3.63, 3.8) is 0 Å². The third kappa shape index (κ3) is 3.77. The molecule has 0 unspecified atom stereocenters. The summed E-state index contributed by atoms with van der Waals surface area (Å²) in [6.45, 7) is 7.53. The first-order chi connectivity index (χ1) is 10.5. The number of aromatic amines is 1. The first-order valence-corrected chi connectivity index (χ1v) is 8.40. The van der Waals surface area contributed by atoms with Crippen molar-refractivity contribution in [3.8, 4) is 0 Å². The standard InChI is InChI=1S/C17H22BrN3O/c1-4-10-21(11-13-8-6-5-7-9-13)17(22)16-14(18)15(12(2)3)19-20-16/h5-9,12H,4,10-11H2,1-3H3,(H,19,20). The Balaban J connectivity index is 2.23. The van der Waals surface area contributed by atoms with Crippen LogP contribution in [0.4, 0.5) is 0 Å². The van der Waals surface area contributed by atoms with Crippen LogP contribution in [0, 0.1) is 0 Å². The molecule has 0 saturated carbocycles. The Morgan fingerprint density at radius 2 is 2.00 bits per heavy atom. The molecule has 0 aliphatic carbocycles. The van der Waals surface area contributed by atoms with Gasteiger partial charge in [0, 0.05) is 13.1 Å². The fraction of sp³-hybridized carbons (Fsp3) is 0.412. The van der Waals surface area contributed by atoms with Crippen LogP contribution in [-0.4, -0.2) is 27.5 Å². The smallest absolute Gasteiger partial charge is 0.275 e. The van der Waals surface area contributed by atoms with Gasteiger partial charge in [0.2, 0.25) is 0 Å². The first-order valence-electron chi connectivity index (χ1n) is 7.61. The average Bonchev–Trinajstić information content (AvgIpc) is 2.89. The van der Waals surface area contributed by atoms with Gasteiger partial charge in [-0.15, -0.1) is 0 Å². The van der Waals surface area contributed by atoms with E-state index in [2.05, 4.69) is 46.9 Å². The van der Waals surface area contributed by atoms with E-state index >= 15 is 0 Å². The van der Waals surface area contributed by atoms with Crippen LogP contribution in [0.25, 0.3) is 0 Å². The summed E-state index contributed by atoms with van der Waals surface area (Å²) >= 11 is 3.52. The van der Waals surface area contributed by atoms with Crippen molar-refractivity contribution >= 4 is 21.8 Å². The molecule has 0 fully saturated rings. The van der Waals surface area contributed by atoms with E-state index in [-0.39, 0.29) is 11.8 Å². The van der Waals surface area contributed by atoms with Crippen molar-refractivity contribution < 1.29 is 4.79 Å². The van der Waals surface area contributed by atoms with E-state index in [4.69, 9.17) is 0 Å². The quantitative estimate of drug-likeness (QED) is 0.829. The molecule has 0 atom stereocenters. The molecule has 2 aromatic rings. The average molecular weight is 364 g/mol. The third-order valence-corrected chi connectivity index (χ3v) is 4.31. The maximum Gasteiger partial charge on any atom is 0.275 e.